The van der Waals surface area contributed by atoms with Gasteiger partial charge in [0, 0.05) is 57.4 Å². The lowest BCUT2D eigenvalue weighted by atomic mass is 9.95. The number of carbonyl (C=O) groups excluding carboxylic acids is 1. The molecule has 0 amide bonds. The predicted octanol–water partition coefficient (Wildman–Crippen LogP) is 3.59. The summed E-state index contributed by atoms with van der Waals surface area (Å²) in [6.45, 7) is 4.91. The first-order chi connectivity index (χ1) is 21.0. The SMILES string of the molecule is COCn1nc(C#Cc2cc(C(=O)C(=N)Cc3ccc(CN4CCNCC4)c(C(F)(F)F)c3)ccc2C)c2c(N)ncnc21. The van der Waals surface area contributed by atoms with Gasteiger partial charge in [-0.05, 0) is 41.7 Å². The molecule has 3 heterocycles. The Morgan fingerprint density at radius 1 is 1.14 bits per heavy atom. The maximum Gasteiger partial charge on any atom is 0.416 e. The summed E-state index contributed by atoms with van der Waals surface area (Å²) in [7, 11) is 1.52. The molecule has 5 rings (SSSR count). The quantitative estimate of drug-likeness (QED) is 0.158. The van der Waals surface area contributed by atoms with Crippen LogP contribution in [0.4, 0.5) is 19.0 Å². The number of rotatable bonds is 8. The molecule has 1 aliphatic rings. The molecule has 1 saturated heterocycles. The smallest absolute Gasteiger partial charge is 0.383 e. The molecule has 2 aromatic carbocycles. The number of anilines is 1. The lowest BCUT2D eigenvalue weighted by molar-refractivity contribution is -0.138. The van der Waals surface area contributed by atoms with E-state index in [1.165, 1.54) is 24.2 Å². The molecular formula is C31H31F3N8O2. The van der Waals surface area contributed by atoms with Crippen molar-refractivity contribution in [2.75, 3.05) is 39.0 Å². The fourth-order valence-electron chi connectivity index (χ4n) is 5.06. The van der Waals surface area contributed by atoms with E-state index in [-0.39, 0.29) is 47.9 Å². The van der Waals surface area contributed by atoms with Crippen molar-refractivity contribution in [1.29, 1.82) is 5.41 Å². The lowest BCUT2D eigenvalue weighted by Crippen LogP contribution is -2.43. The van der Waals surface area contributed by atoms with Gasteiger partial charge in [0.15, 0.2) is 5.65 Å². The van der Waals surface area contributed by atoms with Gasteiger partial charge in [-0.25, -0.2) is 14.6 Å². The third-order valence-electron chi connectivity index (χ3n) is 7.36. The van der Waals surface area contributed by atoms with E-state index in [2.05, 4.69) is 32.2 Å². The standard InChI is InChI=1S/C31H31F3N8O2/c1-19-3-5-22(15-21(19)7-8-26-27-29(36)38-17-39-30(27)42(40-26)18-44-2)28(43)25(35)14-20-4-6-23(24(13-20)31(32,33)34)16-41-11-9-37-10-12-41/h3-6,13,15,17,35,37H,9-12,14,16,18H2,1-2H3,(H2,36,38,39). The number of aromatic nitrogens is 4. The highest BCUT2D eigenvalue weighted by Crippen LogP contribution is 2.33. The van der Waals surface area contributed by atoms with Gasteiger partial charge in [-0.2, -0.15) is 18.3 Å². The molecule has 0 saturated carbocycles. The Hall–Kier alpha value is -4.64. The Morgan fingerprint density at radius 3 is 2.64 bits per heavy atom. The summed E-state index contributed by atoms with van der Waals surface area (Å²) in [4.78, 5) is 23.4. The molecule has 1 aliphatic heterocycles. The summed E-state index contributed by atoms with van der Waals surface area (Å²) >= 11 is 0. The number of Topliss-reactive ketones (excluding diaryl/α,β-unsaturated/α-hetero) is 1. The van der Waals surface area contributed by atoms with Gasteiger partial charge in [-0.3, -0.25) is 9.69 Å². The maximum absolute atomic E-state index is 14.0. The Kier molecular flexibility index (Phi) is 9.05. The molecule has 4 N–H and O–H groups in total. The second-order valence-electron chi connectivity index (χ2n) is 10.5. The van der Waals surface area contributed by atoms with Gasteiger partial charge in [-0.1, -0.05) is 30.2 Å². The van der Waals surface area contributed by atoms with Gasteiger partial charge in [0.2, 0.25) is 5.78 Å². The number of fused-ring (bicyclic) bond motifs is 1. The summed E-state index contributed by atoms with van der Waals surface area (Å²) < 4.78 is 48.6. The van der Waals surface area contributed by atoms with E-state index in [0.29, 0.717) is 35.4 Å². The Balaban J connectivity index is 1.37. The minimum atomic E-state index is -4.56. The molecule has 2 aromatic heterocycles. The molecular weight excluding hydrogens is 573 g/mol. The van der Waals surface area contributed by atoms with Crippen molar-refractivity contribution in [3.8, 4) is 11.8 Å². The van der Waals surface area contributed by atoms with Gasteiger partial charge >= 0.3 is 6.18 Å². The van der Waals surface area contributed by atoms with Crippen LogP contribution in [-0.2, 0) is 30.6 Å². The molecule has 228 valence electrons. The molecule has 0 radical (unpaired) electrons. The summed E-state index contributed by atoms with van der Waals surface area (Å²) in [5.41, 5.74) is 7.70. The van der Waals surface area contributed by atoms with Crippen LogP contribution in [-0.4, -0.2) is 69.4 Å². The van der Waals surface area contributed by atoms with E-state index >= 15 is 0 Å². The largest absolute Gasteiger partial charge is 0.416 e. The van der Waals surface area contributed by atoms with Crippen LogP contribution in [0, 0.1) is 24.2 Å². The van der Waals surface area contributed by atoms with Crippen molar-refractivity contribution < 1.29 is 22.7 Å². The monoisotopic (exact) mass is 604 g/mol. The van der Waals surface area contributed by atoms with E-state index in [9.17, 15) is 18.0 Å². The van der Waals surface area contributed by atoms with E-state index in [0.717, 1.165) is 24.7 Å². The number of ketones is 1. The van der Waals surface area contributed by atoms with Crippen LogP contribution in [0.3, 0.4) is 0 Å². The fraction of sp³-hybridized carbons (Fsp3) is 0.323. The normalized spacial score (nSPS) is 13.9. The van der Waals surface area contributed by atoms with Gasteiger partial charge < -0.3 is 21.2 Å². The zero-order valence-electron chi connectivity index (χ0n) is 24.3. The van der Waals surface area contributed by atoms with Gasteiger partial charge in [0.25, 0.3) is 0 Å². The molecule has 44 heavy (non-hydrogen) atoms. The molecule has 1 fully saturated rings. The topological polar surface area (TPSA) is 135 Å². The van der Waals surface area contributed by atoms with Crippen LogP contribution in [0.25, 0.3) is 11.0 Å². The number of ether oxygens (including phenoxy) is 1. The third kappa shape index (κ3) is 6.78. The van der Waals surface area contributed by atoms with Crippen molar-refractivity contribution >= 4 is 28.3 Å². The number of nitrogens with zero attached hydrogens (tertiary/aromatic N) is 5. The predicted molar refractivity (Wildman–Crippen MR) is 159 cm³/mol. The molecule has 10 nitrogen and oxygen atoms in total. The van der Waals surface area contributed by atoms with Crippen LogP contribution in [0.2, 0.25) is 0 Å². The van der Waals surface area contributed by atoms with Crippen LogP contribution in [0.1, 0.15) is 43.9 Å². The maximum atomic E-state index is 14.0. The van der Waals surface area contributed by atoms with E-state index in [1.54, 1.807) is 24.3 Å². The number of nitrogen functional groups attached to an aromatic ring is 1. The third-order valence-corrected chi connectivity index (χ3v) is 7.36. The molecule has 0 bridgehead atoms. The zero-order chi connectivity index (χ0) is 31.4. The number of carbonyl (C=O) groups is 1. The van der Waals surface area contributed by atoms with Gasteiger partial charge in [-0.15, -0.1) is 0 Å². The van der Waals surface area contributed by atoms with Crippen LogP contribution < -0.4 is 11.1 Å². The first kappa shape index (κ1) is 30.8. The average molecular weight is 605 g/mol. The minimum Gasteiger partial charge on any atom is -0.383 e. The number of hydrogen-bond acceptors (Lipinski definition) is 9. The summed E-state index contributed by atoms with van der Waals surface area (Å²) in [6.07, 6.45) is -3.48. The number of benzene rings is 2. The number of halogens is 3. The Bertz CT molecular complexity index is 1780. The molecule has 0 unspecified atom stereocenters. The fourth-order valence-corrected chi connectivity index (χ4v) is 5.06. The van der Waals surface area contributed by atoms with Crippen molar-refractivity contribution in [3.63, 3.8) is 0 Å². The molecule has 0 atom stereocenters. The van der Waals surface area contributed by atoms with Crippen molar-refractivity contribution in [3.05, 3.63) is 81.8 Å². The number of alkyl halides is 3. The highest BCUT2D eigenvalue weighted by atomic mass is 19.4. The zero-order valence-corrected chi connectivity index (χ0v) is 24.3. The summed E-state index contributed by atoms with van der Waals surface area (Å²) in [6, 6.07) is 8.90. The van der Waals surface area contributed by atoms with E-state index in [4.69, 9.17) is 15.9 Å². The molecule has 0 aliphatic carbocycles. The summed E-state index contributed by atoms with van der Waals surface area (Å²) in [5.74, 6) is 5.61. The van der Waals surface area contributed by atoms with Gasteiger partial charge in [0.05, 0.1) is 16.7 Å². The van der Waals surface area contributed by atoms with Crippen molar-refractivity contribution in [1.82, 2.24) is 30.0 Å². The minimum absolute atomic E-state index is 0.128. The Labute approximate surface area is 251 Å². The molecule has 4 aromatic rings. The molecule has 0 spiro atoms. The summed E-state index contributed by atoms with van der Waals surface area (Å²) in [5, 5.41) is 16.5. The van der Waals surface area contributed by atoms with Crippen LogP contribution in [0.5, 0.6) is 0 Å². The number of aryl methyl sites for hydroxylation is 1. The molecule has 13 heteroatoms. The van der Waals surface area contributed by atoms with E-state index in [1.807, 2.05) is 11.8 Å². The van der Waals surface area contributed by atoms with Crippen molar-refractivity contribution in [2.24, 2.45) is 0 Å². The number of nitrogens with one attached hydrogen (secondary N) is 2. The second-order valence-corrected chi connectivity index (χ2v) is 10.5. The van der Waals surface area contributed by atoms with E-state index < -0.39 is 17.5 Å². The number of piperazine rings is 1. The number of hydrogen-bond donors (Lipinski definition) is 3. The number of nitrogens with two attached hydrogens (primary N) is 1. The van der Waals surface area contributed by atoms with Crippen molar-refractivity contribution in [2.45, 2.75) is 32.8 Å². The second kappa shape index (κ2) is 12.9. The first-order valence-electron chi connectivity index (χ1n) is 13.9. The number of methoxy groups -OCH3 is 1. The van der Waals surface area contributed by atoms with Crippen LogP contribution >= 0.6 is 0 Å². The Morgan fingerprint density at radius 2 is 1.91 bits per heavy atom. The first-order valence-corrected chi connectivity index (χ1v) is 13.9. The van der Waals surface area contributed by atoms with Crippen LogP contribution in [0.15, 0.2) is 42.7 Å². The average Bonchev–Trinajstić information content (AvgIpc) is 3.35. The lowest BCUT2D eigenvalue weighted by Gasteiger charge is -2.28. The highest BCUT2D eigenvalue weighted by Gasteiger charge is 2.34. The highest BCUT2D eigenvalue weighted by molar-refractivity contribution is 6.45. The van der Waals surface area contributed by atoms with Gasteiger partial charge in [0.1, 0.15) is 24.6 Å².